The van der Waals surface area contributed by atoms with Crippen LogP contribution in [-0.4, -0.2) is 26.4 Å². The van der Waals surface area contributed by atoms with Crippen molar-refractivity contribution in [2.24, 2.45) is 5.14 Å². The normalized spacial score (nSPS) is 13.4. The van der Waals surface area contributed by atoms with Gasteiger partial charge in [0.15, 0.2) is 6.10 Å². The minimum atomic E-state index is -3.80. The summed E-state index contributed by atoms with van der Waals surface area (Å²) >= 11 is 0. The maximum absolute atomic E-state index is 12.4. The van der Waals surface area contributed by atoms with Gasteiger partial charge in [0.05, 0.1) is 10.8 Å². The first-order valence-corrected chi connectivity index (χ1v) is 9.96. The molecule has 2 atom stereocenters. The summed E-state index contributed by atoms with van der Waals surface area (Å²) < 4.78 is 27.8. The van der Waals surface area contributed by atoms with Crippen LogP contribution < -0.4 is 10.5 Å². The molecule has 0 aliphatic rings. The molecule has 2 aromatic carbocycles. The van der Waals surface area contributed by atoms with Crippen LogP contribution in [0.15, 0.2) is 59.5 Å². The van der Waals surface area contributed by atoms with Crippen molar-refractivity contribution in [2.75, 3.05) is 5.32 Å². The molecule has 7 nitrogen and oxygen atoms in total. The molecule has 144 valence electrons. The summed E-state index contributed by atoms with van der Waals surface area (Å²) in [4.78, 5) is 24.6. The zero-order chi connectivity index (χ0) is 20.0. The molecule has 3 N–H and O–H groups in total. The highest BCUT2D eigenvalue weighted by atomic mass is 32.2. The molecule has 8 heteroatoms. The Balaban J connectivity index is 1.99. The highest BCUT2D eigenvalue weighted by Gasteiger charge is 2.25. The minimum absolute atomic E-state index is 0.0615. The summed E-state index contributed by atoms with van der Waals surface area (Å²) in [5.74, 6) is -1.44. The number of esters is 1. The van der Waals surface area contributed by atoms with E-state index in [2.05, 4.69) is 5.32 Å². The first-order chi connectivity index (χ1) is 12.7. The molecule has 0 fully saturated rings. The zero-order valence-electron chi connectivity index (χ0n) is 15.1. The van der Waals surface area contributed by atoms with Crippen molar-refractivity contribution in [1.29, 1.82) is 0 Å². The van der Waals surface area contributed by atoms with Crippen LogP contribution in [0.5, 0.6) is 0 Å². The topological polar surface area (TPSA) is 116 Å². The Morgan fingerprint density at radius 2 is 1.67 bits per heavy atom. The maximum Gasteiger partial charge on any atom is 0.314 e. The monoisotopic (exact) mass is 390 g/mol. The molecule has 0 aliphatic carbocycles. The molecule has 0 saturated carbocycles. The average Bonchev–Trinajstić information content (AvgIpc) is 2.63. The number of hydrogen-bond acceptors (Lipinski definition) is 5. The van der Waals surface area contributed by atoms with Gasteiger partial charge in [-0.05, 0) is 43.2 Å². The number of benzene rings is 2. The largest absolute Gasteiger partial charge is 0.452 e. The van der Waals surface area contributed by atoms with Crippen molar-refractivity contribution in [2.45, 2.75) is 37.2 Å². The molecule has 0 radical (unpaired) electrons. The van der Waals surface area contributed by atoms with Crippen molar-refractivity contribution >= 4 is 27.6 Å². The molecule has 0 heterocycles. The minimum Gasteiger partial charge on any atom is -0.452 e. The number of sulfonamides is 1. The molecule has 0 aliphatic heterocycles. The summed E-state index contributed by atoms with van der Waals surface area (Å²) in [7, 11) is -3.80. The van der Waals surface area contributed by atoms with Crippen LogP contribution >= 0.6 is 0 Å². The van der Waals surface area contributed by atoms with Crippen molar-refractivity contribution in [3.8, 4) is 0 Å². The molecule has 0 bridgehead atoms. The highest BCUT2D eigenvalue weighted by Crippen LogP contribution is 2.21. The van der Waals surface area contributed by atoms with Gasteiger partial charge in [0.2, 0.25) is 10.0 Å². The first-order valence-electron chi connectivity index (χ1n) is 8.41. The van der Waals surface area contributed by atoms with E-state index in [4.69, 9.17) is 9.88 Å². The second-order valence-corrected chi connectivity index (χ2v) is 7.57. The van der Waals surface area contributed by atoms with E-state index in [-0.39, 0.29) is 4.90 Å². The molecule has 0 spiro atoms. The lowest BCUT2D eigenvalue weighted by molar-refractivity contribution is -0.154. The van der Waals surface area contributed by atoms with E-state index >= 15 is 0 Å². The molecular weight excluding hydrogens is 368 g/mol. The van der Waals surface area contributed by atoms with E-state index in [0.717, 1.165) is 5.56 Å². The number of rotatable bonds is 7. The molecule has 27 heavy (non-hydrogen) atoms. The summed E-state index contributed by atoms with van der Waals surface area (Å²) in [6, 6.07) is 14.6. The van der Waals surface area contributed by atoms with Gasteiger partial charge in [-0.3, -0.25) is 9.59 Å². The van der Waals surface area contributed by atoms with Crippen molar-refractivity contribution in [1.82, 2.24) is 0 Å². The van der Waals surface area contributed by atoms with Gasteiger partial charge in [-0.2, -0.15) is 0 Å². The molecule has 0 saturated heterocycles. The third-order valence-electron chi connectivity index (χ3n) is 4.01. The second kappa shape index (κ2) is 8.79. The van der Waals surface area contributed by atoms with Gasteiger partial charge in [-0.1, -0.05) is 37.3 Å². The fraction of sp³-hybridized carbons (Fsp3) is 0.263. The predicted octanol–water partition coefficient (Wildman–Crippen LogP) is 2.40. The van der Waals surface area contributed by atoms with Crippen LogP contribution in [0.1, 0.15) is 31.7 Å². The number of primary sulfonamides is 1. The van der Waals surface area contributed by atoms with E-state index in [9.17, 15) is 18.0 Å². The molecule has 0 aromatic heterocycles. The Kier molecular flexibility index (Phi) is 6.70. The van der Waals surface area contributed by atoms with Crippen LogP contribution in [0, 0.1) is 0 Å². The van der Waals surface area contributed by atoms with E-state index < -0.39 is 33.9 Å². The van der Waals surface area contributed by atoms with E-state index in [0.29, 0.717) is 12.1 Å². The Bertz CT molecular complexity index is 895. The van der Waals surface area contributed by atoms with Crippen LogP contribution in [0.3, 0.4) is 0 Å². The van der Waals surface area contributed by atoms with Crippen molar-refractivity contribution in [3.63, 3.8) is 0 Å². The standard InChI is InChI=1S/C19H22N2O5S/c1-3-17(14-7-5-4-6-8-14)19(23)26-13(2)18(22)21-15-9-11-16(12-10-15)27(20,24)25/h4-13,17H,3H2,1-2H3,(H,21,22)(H2,20,24,25)/t13-,17+/m1/s1. The van der Waals surface area contributed by atoms with Crippen molar-refractivity contribution in [3.05, 3.63) is 60.2 Å². The zero-order valence-corrected chi connectivity index (χ0v) is 15.9. The number of ether oxygens (including phenoxy) is 1. The highest BCUT2D eigenvalue weighted by molar-refractivity contribution is 7.89. The Hall–Kier alpha value is -2.71. The lowest BCUT2D eigenvalue weighted by Gasteiger charge is -2.18. The molecule has 2 rings (SSSR count). The van der Waals surface area contributed by atoms with Crippen LogP contribution in [0.2, 0.25) is 0 Å². The fourth-order valence-corrected chi connectivity index (χ4v) is 3.02. The second-order valence-electron chi connectivity index (χ2n) is 6.01. The van der Waals surface area contributed by atoms with Crippen molar-refractivity contribution < 1.29 is 22.7 Å². The van der Waals surface area contributed by atoms with E-state index in [1.165, 1.54) is 31.2 Å². The first kappa shape index (κ1) is 20.6. The van der Waals surface area contributed by atoms with Gasteiger partial charge in [0, 0.05) is 5.69 Å². The Morgan fingerprint density at radius 1 is 1.07 bits per heavy atom. The van der Waals surface area contributed by atoms with Crippen LogP contribution in [-0.2, 0) is 24.3 Å². The number of hydrogen-bond donors (Lipinski definition) is 2. The number of carbonyl (C=O) groups excluding carboxylic acids is 2. The summed E-state index contributed by atoms with van der Waals surface area (Å²) in [5.41, 5.74) is 1.20. The number of nitrogens with two attached hydrogens (primary N) is 1. The molecule has 2 aromatic rings. The van der Waals surface area contributed by atoms with E-state index in [1.807, 2.05) is 37.3 Å². The fourth-order valence-electron chi connectivity index (χ4n) is 2.51. The SMILES string of the molecule is CC[C@H](C(=O)O[C@H](C)C(=O)Nc1ccc(S(N)(=O)=O)cc1)c1ccccc1. The van der Waals surface area contributed by atoms with Gasteiger partial charge in [0.25, 0.3) is 5.91 Å². The molecular formula is C19H22N2O5S. The third-order valence-corrected chi connectivity index (χ3v) is 4.94. The molecule has 1 amide bonds. The maximum atomic E-state index is 12.4. The van der Waals surface area contributed by atoms with Gasteiger partial charge in [-0.15, -0.1) is 0 Å². The van der Waals surface area contributed by atoms with Gasteiger partial charge < -0.3 is 10.1 Å². The number of carbonyl (C=O) groups is 2. The van der Waals surface area contributed by atoms with E-state index in [1.54, 1.807) is 0 Å². The number of anilines is 1. The predicted molar refractivity (Wildman–Crippen MR) is 101 cm³/mol. The summed E-state index contributed by atoms with van der Waals surface area (Å²) in [6.07, 6.45) is -0.458. The lowest BCUT2D eigenvalue weighted by atomic mass is 9.97. The average molecular weight is 390 g/mol. The number of amides is 1. The van der Waals surface area contributed by atoms with Gasteiger partial charge >= 0.3 is 5.97 Å². The molecule has 0 unspecified atom stereocenters. The smallest absolute Gasteiger partial charge is 0.314 e. The summed E-state index contributed by atoms with van der Waals surface area (Å²) in [6.45, 7) is 3.35. The number of nitrogens with one attached hydrogen (secondary N) is 1. The third kappa shape index (κ3) is 5.63. The summed E-state index contributed by atoms with van der Waals surface area (Å²) in [5, 5.41) is 7.60. The Morgan fingerprint density at radius 3 is 2.19 bits per heavy atom. The quantitative estimate of drug-likeness (QED) is 0.704. The van der Waals surface area contributed by atoms with Gasteiger partial charge in [0.1, 0.15) is 0 Å². The van der Waals surface area contributed by atoms with Gasteiger partial charge in [-0.25, -0.2) is 13.6 Å². The van der Waals surface area contributed by atoms with Crippen LogP contribution in [0.25, 0.3) is 0 Å². The lowest BCUT2D eigenvalue weighted by Crippen LogP contribution is -2.31. The Labute approximate surface area is 158 Å². The van der Waals surface area contributed by atoms with Crippen LogP contribution in [0.4, 0.5) is 5.69 Å².